The summed E-state index contributed by atoms with van der Waals surface area (Å²) in [4.78, 5) is 23.0. The van der Waals surface area contributed by atoms with Crippen LogP contribution in [0.2, 0.25) is 0 Å². The van der Waals surface area contributed by atoms with Gasteiger partial charge in [0.05, 0.1) is 6.61 Å². The molecule has 0 spiro atoms. The minimum Gasteiger partial charge on any atom is -0.463 e. The lowest BCUT2D eigenvalue weighted by Gasteiger charge is -2.19. The van der Waals surface area contributed by atoms with Gasteiger partial charge in [0.25, 0.3) is 0 Å². The summed E-state index contributed by atoms with van der Waals surface area (Å²) < 4.78 is 22.9. The van der Waals surface area contributed by atoms with E-state index in [4.69, 9.17) is 15.9 Å². The number of terminal acetylenes is 1. The van der Waals surface area contributed by atoms with Crippen molar-refractivity contribution < 1.29 is 23.5 Å². The molecule has 0 unspecified atom stereocenters. The van der Waals surface area contributed by atoms with Crippen LogP contribution in [0, 0.1) is 752 Å². The number of benzene rings is 1. The van der Waals surface area contributed by atoms with Crippen molar-refractivity contribution in [3.05, 3.63) is 41.7 Å². The first kappa shape index (κ1) is 120. The van der Waals surface area contributed by atoms with Crippen molar-refractivity contribution in [3.8, 4) is 746 Å². The average molecular weight is 1850 g/mol. The Balaban J connectivity index is 0.00000843. The number of hydrogen-bond donors (Lipinski definition) is 0. The summed E-state index contributed by atoms with van der Waals surface area (Å²) in [5.41, 5.74) is 0.239. The van der Waals surface area contributed by atoms with E-state index in [0.717, 1.165) is 0 Å². The molecular weight excluding hydrogens is 1820 g/mol. The van der Waals surface area contributed by atoms with Crippen molar-refractivity contribution in [2.24, 2.45) is 0 Å². The van der Waals surface area contributed by atoms with Crippen LogP contribution >= 0.6 is 0 Å². The monoisotopic (exact) mass is 1850 g/mol. The van der Waals surface area contributed by atoms with Crippen LogP contribution in [0.15, 0.2) is 30.3 Å². The molecule has 0 amide bonds. The zero-order valence-electron chi connectivity index (χ0n) is 77.9. The van der Waals surface area contributed by atoms with E-state index < -0.39 is 11.6 Å². The predicted octanol–water partition coefficient (Wildman–Crippen LogP) is 4.74. The van der Waals surface area contributed by atoms with Gasteiger partial charge in [-0.25, -0.2) is 9.18 Å². The van der Waals surface area contributed by atoms with Crippen LogP contribution in [0.4, 0.5) is 4.39 Å². The molecule has 0 fully saturated rings. The molecule has 0 bridgehead atoms. The molecule has 0 aliphatic rings. The predicted molar refractivity (Wildman–Crippen MR) is 583 cm³/mol. The molecule has 0 heterocycles. The molecule has 0 N–H and O–H groups in total. The summed E-state index contributed by atoms with van der Waals surface area (Å²) >= 11 is 0. The van der Waals surface area contributed by atoms with E-state index in [-0.39, 0.29) is 18.4 Å². The van der Waals surface area contributed by atoms with Crippen LogP contribution in [-0.2, 0) is 19.1 Å². The minimum atomic E-state index is -0.477. The lowest BCUT2D eigenvalue weighted by atomic mass is 10.2. The SMILES string of the molecule is C#CC#CC#CC#CC#CC#CC#CC#CC#CC#CC#CC#CC#CC#CC#CC#CC#CC#CC#CC#CC#CC#CC#CC#CC#CC#CC#CC#CC#CC#CC#CC#CC#CC#CC#CC#CC#CC#CC#CC#CC#CC#CC#CC#CC#CC#CC#CC#CC#CC#CC#CC#CC#CC#CC#CC#CC#CC#CC#CC#CC#CC#CC#CC.CC(C)(C)OC(=O)CCCCOC(=O)/C=C/c1ccc(F)cc1. The zero-order valence-corrected chi connectivity index (χ0v) is 77.9. The Morgan fingerprint density at radius 1 is 0.220 bits per heavy atom. The highest BCUT2D eigenvalue weighted by molar-refractivity contribution is 5.87. The van der Waals surface area contributed by atoms with Gasteiger partial charge in [-0.15, -0.1) is 6.42 Å². The van der Waals surface area contributed by atoms with Crippen molar-refractivity contribution in [1.82, 2.24) is 0 Å². The maximum absolute atomic E-state index is 12.7. The normalized spacial score (nSPS) is 5.12. The second-order valence-electron chi connectivity index (χ2n) is 21.9. The van der Waals surface area contributed by atoms with Crippen molar-refractivity contribution in [2.75, 3.05) is 6.61 Å². The summed E-state index contributed by atoms with van der Waals surface area (Å²) in [6, 6.07) is 5.78. The van der Waals surface area contributed by atoms with E-state index in [2.05, 4.69) is 740 Å². The molecule has 0 aliphatic carbocycles. The Kier molecular flexibility index (Phi) is 85.0. The van der Waals surface area contributed by atoms with Gasteiger partial charge in [0.2, 0.25) is 0 Å². The van der Waals surface area contributed by atoms with E-state index in [1.165, 1.54) is 18.2 Å². The minimum absolute atomic E-state index is 0.245. The van der Waals surface area contributed by atoms with Gasteiger partial charge in [0.1, 0.15) is 11.4 Å². The van der Waals surface area contributed by atoms with Crippen LogP contribution in [0.3, 0.4) is 0 Å². The van der Waals surface area contributed by atoms with Gasteiger partial charge < -0.3 is 9.47 Å². The first-order valence-corrected chi connectivity index (χ1v) is 39.4. The molecule has 0 radical (unpaired) electrons. The number of rotatable bonds is 7. The lowest BCUT2D eigenvalue weighted by molar-refractivity contribution is -0.154. The fraction of sp³-hybridized carbons (Fsp3) is 0.0621. The van der Waals surface area contributed by atoms with Crippen molar-refractivity contribution in [3.63, 3.8) is 0 Å². The molecule has 150 heavy (non-hydrogen) atoms. The lowest BCUT2D eigenvalue weighted by Crippen LogP contribution is -2.23. The number of hydrogen-bond acceptors (Lipinski definition) is 4. The first-order chi connectivity index (χ1) is 74.2. The highest BCUT2D eigenvalue weighted by Crippen LogP contribution is 2.10. The quantitative estimate of drug-likeness (QED) is 0.172. The number of halogens is 1. The molecule has 0 saturated heterocycles. The van der Waals surface area contributed by atoms with Gasteiger partial charge in [-0.2, -0.15) is 0 Å². The summed E-state index contributed by atoms with van der Waals surface area (Å²) in [7, 11) is 0. The Bertz CT molecular complexity index is 9930. The van der Waals surface area contributed by atoms with E-state index in [0.29, 0.717) is 24.8 Å². The van der Waals surface area contributed by atoms with Gasteiger partial charge in [-0.1, -0.05) is 18.1 Å². The highest BCUT2D eigenvalue weighted by Gasteiger charge is 2.15. The van der Waals surface area contributed by atoms with Gasteiger partial charge in [0.15, 0.2) is 0 Å². The van der Waals surface area contributed by atoms with Gasteiger partial charge in [-0.05, 0) is 159 Å². The highest BCUT2D eigenvalue weighted by atomic mass is 19.1. The van der Waals surface area contributed by atoms with Crippen molar-refractivity contribution in [2.45, 2.75) is 52.6 Å². The third kappa shape index (κ3) is 109. The average Bonchev–Trinajstić information content (AvgIpc) is 0.926. The van der Waals surface area contributed by atoms with Gasteiger partial charge in [0, 0.05) is 652 Å². The molecular formula is C145H27FO4. The summed E-state index contributed by atoms with van der Waals surface area (Å²) in [6.07, 6.45) is 9.31. The standard InChI is InChI=1S/C127H4.C18H23FO4/c1-3-5-7-9-11-13-15-17-19-21-23-25-27-29-31-33-35-37-39-41-43-45-47-49-51-53-55-57-59-61-63-65-67-69-71-73-75-77-79-81-83-85-87-89-91-93-95-97-99-101-103-105-107-109-111-113-115-117-119-121-123-125-127-126-124-122-120-118-116-114-112-110-108-106-104-102-100-98-96-94-92-90-88-86-84-82-80-78-76-74-72-70-68-66-64-62-60-58-56-54-52-50-48-46-44-42-40-38-36-34-32-30-28-26-24-22-20-18-16-14-12-10-8-6-4-2;1-18(2,3)23-17(21)6-4-5-13-22-16(20)12-9-14-7-10-15(19)11-8-14/h1H,2H3;7-12H,4-6,13H2,1-3H3/b;12-9+. The smallest absolute Gasteiger partial charge is 0.330 e. The molecule has 4 nitrogen and oxygen atoms in total. The summed E-state index contributed by atoms with van der Waals surface area (Å²) in [5, 5.41) is 0. The van der Waals surface area contributed by atoms with Crippen LogP contribution in [0.25, 0.3) is 6.08 Å². The molecule has 0 atom stereocenters. The van der Waals surface area contributed by atoms with E-state index in [1.54, 1.807) is 25.1 Å². The molecule has 0 aromatic heterocycles. The second kappa shape index (κ2) is 106. The fourth-order valence-electron chi connectivity index (χ4n) is 5.60. The van der Waals surface area contributed by atoms with Gasteiger partial charge >= 0.3 is 11.9 Å². The Morgan fingerprint density at radius 3 is 0.480 bits per heavy atom. The molecule has 1 rings (SSSR count). The number of carbonyl (C=O) groups excluding carboxylic acids is 2. The Labute approximate surface area is 882 Å². The van der Waals surface area contributed by atoms with E-state index >= 15 is 0 Å². The van der Waals surface area contributed by atoms with E-state index in [9.17, 15) is 14.0 Å². The molecule has 1 aromatic rings. The third-order valence-electron chi connectivity index (χ3n) is 10.5. The largest absolute Gasteiger partial charge is 0.463 e. The Hall–Kier alpha value is -29.9. The third-order valence-corrected chi connectivity index (χ3v) is 10.5. The topological polar surface area (TPSA) is 52.6 Å². The number of unbranched alkanes of at least 4 members (excludes halogenated alkanes) is 1. The first-order valence-electron chi connectivity index (χ1n) is 39.4. The van der Waals surface area contributed by atoms with E-state index in [1.807, 2.05) is 20.8 Å². The van der Waals surface area contributed by atoms with Crippen LogP contribution in [-0.4, -0.2) is 24.1 Å². The molecule has 1 aromatic carbocycles. The summed E-state index contributed by atoms with van der Waals surface area (Å²) in [6.45, 7) is 7.39. The van der Waals surface area contributed by atoms with Crippen LogP contribution < -0.4 is 0 Å². The van der Waals surface area contributed by atoms with Crippen LogP contribution in [0.5, 0.6) is 0 Å². The van der Waals surface area contributed by atoms with Crippen molar-refractivity contribution in [1.29, 1.82) is 0 Å². The number of ether oxygens (including phenoxy) is 2. The number of esters is 2. The second-order valence-corrected chi connectivity index (χ2v) is 21.9. The summed E-state index contributed by atoms with van der Waals surface area (Å²) in [5.74, 6) is 311. The maximum atomic E-state index is 12.7. The van der Waals surface area contributed by atoms with Crippen molar-refractivity contribution >= 4 is 18.0 Å². The molecule has 5 heteroatoms. The molecule has 0 saturated carbocycles. The fourth-order valence-corrected chi connectivity index (χ4v) is 5.60. The Morgan fingerprint density at radius 2 is 0.353 bits per heavy atom. The zero-order chi connectivity index (χ0) is 108. The molecule has 638 valence electrons. The maximum Gasteiger partial charge on any atom is 0.330 e. The molecule has 0 aliphatic heterocycles. The number of carbonyl (C=O) groups is 2. The van der Waals surface area contributed by atoms with Gasteiger partial charge in [-0.3, -0.25) is 4.79 Å². The van der Waals surface area contributed by atoms with Crippen LogP contribution in [0.1, 0.15) is 52.5 Å².